The minimum Gasteiger partial charge on any atom is -0.508 e. The van der Waals surface area contributed by atoms with E-state index in [0.29, 0.717) is 12.3 Å². The van der Waals surface area contributed by atoms with Crippen LogP contribution in [0.1, 0.15) is 26.7 Å². The van der Waals surface area contributed by atoms with Gasteiger partial charge in [0.15, 0.2) is 0 Å². The van der Waals surface area contributed by atoms with Crippen LogP contribution in [0.5, 0.6) is 0 Å². The summed E-state index contributed by atoms with van der Waals surface area (Å²) in [5.74, 6) is -0.479. The fourth-order valence-corrected chi connectivity index (χ4v) is 1.24. The van der Waals surface area contributed by atoms with E-state index in [4.69, 9.17) is 0 Å². The molecule has 1 N–H and O–H groups in total. The number of hydrogen-bond donors (Lipinski definition) is 1. The highest BCUT2D eigenvalue weighted by atomic mass is 16.5. The second-order valence-corrected chi connectivity index (χ2v) is 3.22. The average molecular weight is 197 g/mol. The van der Waals surface area contributed by atoms with Crippen LogP contribution < -0.4 is 0 Å². The smallest absolute Gasteiger partial charge is 0.344 e. The molecule has 0 radical (unpaired) electrons. The van der Waals surface area contributed by atoms with Crippen LogP contribution >= 0.6 is 0 Å². The van der Waals surface area contributed by atoms with Crippen LogP contribution in [0.2, 0.25) is 0 Å². The molecule has 0 aromatic heterocycles. The summed E-state index contributed by atoms with van der Waals surface area (Å²) < 4.78 is 4.66. The summed E-state index contributed by atoms with van der Waals surface area (Å²) in [6.45, 7) is 4.46. The van der Waals surface area contributed by atoms with E-state index in [1.54, 1.807) is 6.92 Å². The first kappa shape index (κ1) is 10.8. The van der Waals surface area contributed by atoms with Crippen LogP contribution in [0.3, 0.4) is 0 Å². The van der Waals surface area contributed by atoms with Crippen LogP contribution in [-0.4, -0.2) is 29.9 Å². The van der Waals surface area contributed by atoms with E-state index in [1.165, 1.54) is 0 Å². The number of esters is 1. The van der Waals surface area contributed by atoms with Gasteiger partial charge in [-0.1, -0.05) is 13.3 Å². The van der Waals surface area contributed by atoms with E-state index in [1.807, 2.05) is 0 Å². The van der Waals surface area contributed by atoms with Gasteiger partial charge >= 0.3 is 5.97 Å². The van der Waals surface area contributed by atoms with Gasteiger partial charge in [-0.15, -0.1) is 0 Å². The molecule has 14 heavy (non-hydrogen) atoms. The number of nitrogens with zero attached hydrogens (tertiary/aromatic N) is 1. The van der Waals surface area contributed by atoms with Crippen molar-refractivity contribution in [2.24, 2.45) is 4.99 Å². The maximum atomic E-state index is 11.1. The molecule has 0 aliphatic carbocycles. The van der Waals surface area contributed by atoms with E-state index >= 15 is 0 Å². The Balaban J connectivity index is 2.68. The Labute approximate surface area is 83.3 Å². The summed E-state index contributed by atoms with van der Waals surface area (Å²) in [6, 6.07) is 0. The molecule has 0 saturated carbocycles. The second-order valence-electron chi connectivity index (χ2n) is 3.22. The molecule has 1 rings (SSSR count). The number of unbranched alkanes of at least 4 members (excludes halogenated alkanes) is 1. The van der Waals surface area contributed by atoms with Gasteiger partial charge in [-0.2, -0.15) is 0 Å². The quantitative estimate of drug-likeness (QED) is 0.423. The third-order valence-electron chi connectivity index (χ3n) is 2.06. The van der Waals surface area contributed by atoms with Crippen LogP contribution in [0.25, 0.3) is 0 Å². The van der Waals surface area contributed by atoms with Crippen molar-refractivity contribution in [2.75, 3.05) is 13.2 Å². The summed E-state index contributed by atoms with van der Waals surface area (Å²) in [5.41, 5.74) is 0.805. The van der Waals surface area contributed by atoms with Gasteiger partial charge in [0.2, 0.25) is 0 Å². The number of rotatable bonds is 4. The van der Waals surface area contributed by atoms with Crippen molar-refractivity contribution in [1.29, 1.82) is 0 Å². The van der Waals surface area contributed by atoms with Crippen molar-refractivity contribution >= 4 is 11.7 Å². The highest BCUT2D eigenvalue weighted by Crippen LogP contribution is 2.15. The zero-order valence-electron chi connectivity index (χ0n) is 8.54. The molecule has 0 aromatic carbocycles. The highest BCUT2D eigenvalue weighted by molar-refractivity contribution is 6.20. The predicted molar refractivity (Wildman–Crippen MR) is 53.5 cm³/mol. The number of hydrogen-bond acceptors (Lipinski definition) is 4. The zero-order valence-corrected chi connectivity index (χ0v) is 8.54. The molecule has 0 aromatic rings. The second kappa shape index (κ2) is 4.79. The molecule has 78 valence electrons. The third kappa shape index (κ3) is 2.34. The molecule has 0 unspecified atom stereocenters. The molecule has 1 aliphatic rings. The van der Waals surface area contributed by atoms with Gasteiger partial charge in [0.25, 0.3) is 0 Å². The van der Waals surface area contributed by atoms with Crippen LogP contribution in [0.4, 0.5) is 0 Å². The number of aliphatic imine (C=N–C) groups is 1. The van der Waals surface area contributed by atoms with Gasteiger partial charge < -0.3 is 9.84 Å². The number of aliphatic hydroxyl groups is 1. The lowest BCUT2D eigenvalue weighted by molar-refractivity contribution is -0.135. The Bertz CT molecular complexity index is 292. The minimum atomic E-state index is -0.472. The zero-order chi connectivity index (χ0) is 10.6. The van der Waals surface area contributed by atoms with Crippen molar-refractivity contribution in [2.45, 2.75) is 26.7 Å². The average Bonchev–Trinajstić information content (AvgIpc) is 2.46. The van der Waals surface area contributed by atoms with Crippen LogP contribution in [-0.2, 0) is 9.53 Å². The fraction of sp³-hybridized carbons (Fsp3) is 0.600. The highest BCUT2D eigenvalue weighted by Gasteiger charge is 2.26. The van der Waals surface area contributed by atoms with E-state index in [9.17, 15) is 9.90 Å². The summed E-state index contributed by atoms with van der Waals surface area (Å²) >= 11 is 0. The first-order valence-electron chi connectivity index (χ1n) is 4.77. The maximum Gasteiger partial charge on any atom is 0.344 e. The lowest BCUT2D eigenvalue weighted by atomic mass is 10.1. The number of aliphatic hydroxyl groups excluding tert-OH is 1. The largest absolute Gasteiger partial charge is 0.508 e. The number of carbonyl (C=O) groups is 1. The molecule has 4 nitrogen and oxygen atoms in total. The molecule has 0 amide bonds. The van der Waals surface area contributed by atoms with E-state index < -0.39 is 5.97 Å². The Kier molecular flexibility index (Phi) is 3.68. The number of cyclic esters (lactones) is 1. The Morgan fingerprint density at radius 1 is 1.64 bits per heavy atom. The SMILES string of the molecule is CCCCN=C(C)C1=C(O)COC1=O. The molecule has 1 heterocycles. The minimum absolute atomic E-state index is 0.00671. The fourth-order valence-electron chi connectivity index (χ4n) is 1.24. The number of ether oxygens (including phenoxy) is 1. The van der Waals surface area contributed by atoms with Crippen molar-refractivity contribution in [3.8, 4) is 0 Å². The van der Waals surface area contributed by atoms with Crippen molar-refractivity contribution in [3.63, 3.8) is 0 Å². The van der Waals surface area contributed by atoms with Gasteiger partial charge in [-0.05, 0) is 13.3 Å². The maximum absolute atomic E-state index is 11.1. The Hall–Kier alpha value is -1.32. The molecule has 1 aliphatic heterocycles. The normalized spacial score (nSPS) is 17.6. The van der Waals surface area contributed by atoms with Crippen molar-refractivity contribution in [3.05, 3.63) is 11.3 Å². The third-order valence-corrected chi connectivity index (χ3v) is 2.06. The van der Waals surface area contributed by atoms with Crippen LogP contribution in [0.15, 0.2) is 16.3 Å². The first-order valence-corrected chi connectivity index (χ1v) is 4.77. The lowest BCUT2D eigenvalue weighted by Gasteiger charge is -1.98. The van der Waals surface area contributed by atoms with Gasteiger partial charge in [0.05, 0.1) is 0 Å². The number of carbonyl (C=O) groups excluding carboxylic acids is 1. The summed E-state index contributed by atoms with van der Waals surface area (Å²) in [5, 5.41) is 9.34. The van der Waals surface area contributed by atoms with Gasteiger partial charge in [0, 0.05) is 12.3 Å². The molecule has 4 heteroatoms. The predicted octanol–water partition coefficient (Wildman–Crippen LogP) is 1.62. The lowest BCUT2D eigenvalue weighted by Crippen LogP contribution is -2.08. The summed E-state index contributed by atoms with van der Waals surface area (Å²) in [6.07, 6.45) is 2.05. The molecular weight excluding hydrogens is 182 g/mol. The monoisotopic (exact) mass is 197 g/mol. The Morgan fingerprint density at radius 3 is 2.86 bits per heavy atom. The van der Waals surface area contributed by atoms with Crippen molar-refractivity contribution < 1.29 is 14.6 Å². The molecule has 0 atom stereocenters. The first-order chi connectivity index (χ1) is 6.66. The summed E-state index contributed by atoms with van der Waals surface area (Å²) in [7, 11) is 0. The van der Waals surface area contributed by atoms with Gasteiger partial charge in [-0.25, -0.2) is 4.79 Å². The van der Waals surface area contributed by atoms with Gasteiger partial charge in [0.1, 0.15) is 17.9 Å². The van der Waals surface area contributed by atoms with Crippen molar-refractivity contribution in [1.82, 2.24) is 0 Å². The van der Waals surface area contributed by atoms with E-state index in [2.05, 4.69) is 16.7 Å². The van der Waals surface area contributed by atoms with E-state index in [0.717, 1.165) is 12.8 Å². The molecule has 0 saturated heterocycles. The van der Waals surface area contributed by atoms with Crippen LogP contribution in [0, 0.1) is 0 Å². The summed E-state index contributed by atoms with van der Waals surface area (Å²) in [4.78, 5) is 15.3. The van der Waals surface area contributed by atoms with Gasteiger partial charge in [-0.3, -0.25) is 4.99 Å². The molecular formula is C10H15NO3. The topological polar surface area (TPSA) is 58.9 Å². The molecule has 0 bridgehead atoms. The molecule has 0 spiro atoms. The Morgan fingerprint density at radius 2 is 2.36 bits per heavy atom. The van der Waals surface area contributed by atoms with E-state index in [-0.39, 0.29) is 17.9 Å². The standard InChI is InChI=1S/C10H15NO3/c1-3-4-5-11-7(2)9-8(12)6-14-10(9)13/h12H,3-6H2,1-2H3. The molecule has 0 fully saturated rings.